The summed E-state index contributed by atoms with van der Waals surface area (Å²) >= 11 is 0. The molecule has 1 saturated carbocycles. The minimum atomic E-state index is -3.47. The zero-order valence-corrected chi connectivity index (χ0v) is 12.7. The molecule has 0 spiro atoms. The van der Waals surface area contributed by atoms with Gasteiger partial charge in [0, 0.05) is 6.54 Å². The first-order valence-corrected chi connectivity index (χ1v) is 8.68. The minimum Gasteiger partial charge on any atom is -0.390 e. The number of rotatable bonds is 5. The Bertz CT molecular complexity index is 531. The highest BCUT2D eigenvalue weighted by atomic mass is 32.2. The molecule has 0 bridgehead atoms. The molecule has 0 unspecified atom stereocenters. The van der Waals surface area contributed by atoms with E-state index in [-0.39, 0.29) is 11.4 Å². The summed E-state index contributed by atoms with van der Waals surface area (Å²) in [5.41, 5.74) is 0.342. The summed E-state index contributed by atoms with van der Waals surface area (Å²) < 4.78 is 26.8. The molecule has 4 nitrogen and oxygen atoms in total. The van der Waals surface area contributed by atoms with Crippen LogP contribution in [0.15, 0.2) is 29.2 Å². The van der Waals surface area contributed by atoms with Crippen LogP contribution in [0, 0.1) is 6.92 Å². The maximum absolute atomic E-state index is 12.1. The standard InChI is InChI=1S/C15H23NO3S/c1-13-5-7-14(8-6-13)20(18,19)16-12-11-15(17)9-3-2-4-10-15/h5-8,16-17H,2-4,9-12H2,1H3. The summed E-state index contributed by atoms with van der Waals surface area (Å²) in [5.74, 6) is 0. The van der Waals surface area contributed by atoms with E-state index in [0.29, 0.717) is 6.42 Å². The average molecular weight is 297 g/mol. The largest absolute Gasteiger partial charge is 0.390 e. The topological polar surface area (TPSA) is 66.4 Å². The van der Waals surface area contributed by atoms with Crippen molar-refractivity contribution >= 4 is 10.0 Å². The van der Waals surface area contributed by atoms with Crippen LogP contribution in [0.1, 0.15) is 44.1 Å². The van der Waals surface area contributed by atoms with Gasteiger partial charge in [0.15, 0.2) is 0 Å². The van der Waals surface area contributed by atoms with Crippen molar-refractivity contribution < 1.29 is 13.5 Å². The minimum absolute atomic E-state index is 0.277. The number of benzene rings is 1. The van der Waals surface area contributed by atoms with Gasteiger partial charge in [-0.3, -0.25) is 0 Å². The quantitative estimate of drug-likeness (QED) is 0.877. The Morgan fingerprint density at radius 3 is 2.35 bits per heavy atom. The summed E-state index contributed by atoms with van der Waals surface area (Å²) in [6.45, 7) is 2.20. The van der Waals surface area contributed by atoms with E-state index in [9.17, 15) is 13.5 Å². The molecule has 0 amide bonds. The predicted molar refractivity (Wildman–Crippen MR) is 79.0 cm³/mol. The van der Waals surface area contributed by atoms with Crippen LogP contribution in [0.2, 0.25) is 0 Å². The Morgan fingerprint density at radius 1 is 1.15 bits per heavy atom. The van der Waals surface area contributed by atoms with Crippen molar-refractivity contribution in [3.63, 3.8) is 0 Å². The van der Waals surface area contributed by atoms with Gasteiger partial charge >= 0.3 is 0 Å². The molecule has 1 aromatic carbocycles. The van der Waals surface area contributed by atoms with Gasteiger partial charge in [0.1, 0.15) is 0 Å². The van der Waals surface area contributed by atoms with Crippen LogP contribution in [0.25, 0.3) is 0 Å². The number of hydrogen-bond acceptors (Lipinski definition) is 3. The highest BCUT2D eigenvalue weighted by Gasteiger charge is 2.29. The van der Waals surface area contributed by atoms with Crippen LogP contribution in [-0.2, 0) is 10.0 Å². The second-order valence-electron chi connectivity index (χ2n) is 5.75. The van der Waals surface area contributed by atoms with Gasteiger partial charge in [0.2, 0.25) is 10.0 Å². The number of aryl methyl sites for hydroxylation is 1. The Morgan fingerprint density at radius 2 is 1.75 bits per heavy atom. The van der Waals surface area contributed by atoms with Gasteiger partial charge in [-0.25, -0.2) is 13.1 Å². The maximum atomic E-state index is 12.1. The van der Waals surface area contributed by atoms with E-state index in [1.807, 2.05) is 6.92 Å². The molecule has 20 heavy (non-hydrogen) atoms. The summed E-state index contributed by atoms with van der Waals surface area (Å²) in [4.78, 5) is 0.277. The summed E-state index contributed by atoms with van der Waals surface area (Å²) in [6.07, 6.45) is 5.26. The molecule has 0 radical (unpaired) electrons. The average Bonchev–Trinajstić information content (AvgIpc) is 2.39. The van der Waals surface area contributed by atoms with Crippen molar-refractivity contribution in [3.8, 4) is 0 Å². The predicted octanol–water partition coefficient (Wildman–Crippen LogP) is 2.36. The monoisotopic (exact) mass is 297 g/mol. The van der Waals surface area contributed by atoms with Crippen molar-refractivity contribution in [1.82, 2.24) is 4.72 Å². The molecule has 0 heterocycles. The molecule has 0 aromatic heterocycles. The molecule has 1 aromatic rings. The fourth-order valence-corrected chi connectivity index (χ4v) is 3.71. The second kappa shape index (κ2) is 6.24. The van der Waals surface area contributed by atoms with Crippen LogP contribution in [0.5, 0.6) is 0 Å². The maximum Gasteiger partial charge on any atom is 0.240 e. The van der Waals surface area contributed by atoms with Crippen molar-refractivity contribution in [1.29, 1.82) is 0 Å². The van der Waals surface area contributed by atoms with E-state index in [0.717, 1.165) is 37.7 Å². The van der Waals surface area contributed by atoms with E-state index < -0.39 is 15.6 Å². The zero-order valence-electron chi connectivity index (χ0n) is 11.9. The lowest BCUT2D eigenvalue weighted by atomic mass is 9.83. The lowest BCUT2D eigenvalue weighted by Gasteiger charge is -2.32. The molecular weight excluding hydrogens is 274 g/mol. The van der Waals surface area contributed by atoms with Crippen LogP contribution >= 0.6 is 0 Å². The van der Waals surface area contributed by atoms with Gasteiger partial charge in [0.05, 0.1) is 10.5 Å². The van der Waals surface area contributed by atoms with E-state index in [1.165, 1.54) is 0 Å². The second-order valence-corrected chi connectivity index (χ2v) is 7.51. The third-order valence-electron chi connectivity index (χ3n) is 4.00. The van der Waals surface area contributed by atoms with Crippen LogP contribution in [0.4, 0.5) is 0 Å². The number of sulfonamides is 1. The lowest BCUT2D eigenvalue weighted by Crippen LogP contribution is -2.36. The lowest BCUT2D eigenvalue weighted by molar-refractivity contribution is -0.00214. The number of hydrogen-bond donors (Lipinski definition) is 2. The first-order chi connectivity index (χ1) is 9.41. The van der Waals surface area contributed by atoms with Gasteiger partial charge in [-0.05, 0) is 38.3 Å². The van der Waals surface area contributed by atoms with Gasteiger partial charge in [-0.15, -0.1) is 0 Å². The van der Waals surface area contributed by atoms with Crippen molar-refractivity contribution in [3.05, 3.63) is 29.8 Å². The number of aliphatic hydroxyl groups is 1. The Balaban J connectivity index is 1.91. The fourth-order valence-electron chi connectivity index (χ4n) is 2.68. The third-order valence-corrected chi connectivity index (χ3v) is 5.47. The highest BCUT2D eigenvalue weighted by Crippen LogP contribution is 2.30. The smallest absolute Gasteiger partial charge is 0.240 e. The molecule has 112 valence electrons. The molecule has 2 rings (SSSR count). The molecule has 0 aliphatic heterocycles. The summed E-state index contributed by atoms with van der Waals surface area (Å²) in [6, 6.07) is 6.77. The normalized spacial score (nSPS) is 18.9. The van der Waals surface area contributed by atoms with E-state index in [2.05, 4.69) is 4.72 Å². The Labute approximate surface area is 121 Å². The van der Waals surface area contributed by atoms with Gasteiger partial charge < -0.3 is 5.11 Å². The van der Waals surface area contributed by atoms with Gasteiger partial charge in [-0.2, -0.15) is 0 Å². The first-order valence-electron chi connectivity index (χ1n) is 7.20. The Kier molecular flexibility index (Phi) is 4.83. The molecule has 1 aliphatic rings. The molecular formula is C15H23NO3S. The molecule has 0 atom stereocenters. The molecule has 0 saturated heterocycles. The summed E-state index contributed by atoms with van der Waals surface area (Å²) in [7, 11) is -3.47. The molecule has 1 fully saturated rings. The Hall–Kier alpha value is -0.910. The van der Waals surface area contributed by atoms with Crippen molar-refractivity contribution in [2.75, 3.05) is 6.54 Å². The van der Waals surface area contributed by atoms with Crippen LogP contribution in [0.3, 0.4) is 0 Å². The van der Waals surface area contributed by atoms with Crippen LogP contribution < -0.4 is 4.72 Å². The van der Waals surface area contributed by atoms with Crippen LogP contribution in [-0.4, -0.2) is 25.7 Å². The third kappa shape index (κ3) is 4.04. The van der Waals surface area contributed by atoms with Crippen molar-refractivity contribution in [2.45, 2.75) is 55.9 Å². The van der Waals surface area contributed by atoms with Gasteiger partial charge in [-0.1, -0.05) is 37.0 Å². The fraction of sp³-hybridized carbons (Fsp3) is 0.600. The zero-order chi connectivity index (χ0) is 14.6. The van der Waals surface area contributed by atoms with E-state index >= 15 is 0 Å². The highest BCUT2D eigenvalue weighted by molar-refractivity contribution is 7.89. The summed E-state index contributed by atoms with van der Waals surface area (Å²) in [5, 5.41) is 10.3. The van der Waals surface area contributed by atoms with Crippen molar-refractivity contribution in [2.24, 2.45) is 0 Å². The molecule has 2 N–H and O–H groups in total. The molecule has 5 heteroatoms. The van der Waals surface area contributed by atoms with E-state index in [1.54, 1.807) is 24.3 Å². The van der Waals surface area contributed by atoms with Gasteiger partial charge in [0.25, 0.3) is 0 Å². The SMILES string of the molecule is Cc1ccc(S(=O)(=O)NCCC2(O)CCCCC2)cc1. The first kappa shape index (κ1) is 15.5. The molecule has 1 aliphatic carbocycles. The number of nitrogens with one attached hydrogen (secondary N) is 1. The van der Waals surface area contributed by atoms with E-state index in [4.69, 9.17) is 0 Å².